The maximum atomic E-state index is 12.8. The highest BCUT2D eigenvalue weighted by Gasteiger charge is 2.41. The van der Waals surface area contributed by atoms with Gasteiger partial charge in [-0.3, -0.25) is 19.6 Å². The lowest BCUT2D eigenvalue weighted by Gasteiger charge is -2.25. The molecule has 5 rings (SSSR count). The molecule has 0 aromatic carbocycles. The minimum atomic E-state index is -0.275. The summed E-state index contributed by atoms with van der Waals surface area (Å²) in [4.78, 5) is 28.5. The van der Waals surface area contributed by atoms with Crippen molar-refractivity contribution in [2.45, 2.75) is 58.2 Å². The average molecular weight is 422 g/mol. The Kier molecular flexibility index (Phi) is 5.00. The lowest BCUT2D eigenvalue weighted by molar-refractivity contribution is -0.141. The Morgan fingerprint density at radius 3 is 2.90 bits per heavy atom. The Morgan fingerprint density at radius 2 is 2.16 bits per heavy atom. The zero-order valence-corrected chi connectivity index (χ0v) is 17.8. The van der Waals surface area contributed by atoms with Gasteiger partial charge in [0.2, 0.25) is 0 Å². The van der Waals surface area contributed by atoms with Gasteiger partial charge in [-0.15, -0.1) is 0 Å². The number of hydrogen-bond acceptors (Lipinski definition) is 7. The first-order chi connectivity index (χ1) is 15.0. The van der Waals surface area contributed by atoms with Gasteiger partial charge in [0.1, 0.15) is 11.9 Å². The summed E-state index contributed by atoms with van der Waals surface area (Å²) in [5.41, 5.74) is 3.79. The third-order valence-electron chi connectivity index (χ3n) is 6.51. The summed E-state index contributed by atoms with van der Waals surface area (Å²) in [6.07, 6.45) is 4.31. The fourth-order valence-electron chi connectivity index (χ4n) is 4.79. The number of ether oxygens (including phenoxy) is 1. The summed E-state index contributed by atoms with van der Waals surface area (Å²) < 4.78 is 11.2. The van der Waals surface area contributed by atoms with Crippen molar-refractivity contribution in [3.05, 3.63) is 52.7 Å². The average Bonchev–Trinajstić information content (AvgIpc) is 3.43. The first-order valence-electron chi connectivity index (χ1n) is 10.9. The number of hydrogen-bond donors (Lipinski definition) is 1. The number of aromatic nitrogens is 1. The van der Waals surface area contributed by atoms with Crippen LogP contribution in [0.5, 0.6) is 0 Å². The van der Waals surface area contributed by atoms with Crippen molar-refractivity contribution in [3.63, 3.8) is 0 Å². The number of nitrogens with zero attached hydrogens (tertiary/aromatic N) is 3. The van der Waals surface area contributed by atoms with E-state index in [9.17, 15) is 9.59 Å². The molecule has 1 amide bonds. The molecule has 0 radical (unpaired) electrons. The molecule has 0 saturated carbocycles. The molecule has 162 valence electrons. The predicted octanol–water partition coefficient (Wildman–Crippen LogP) is 2.59. The molecule has 1 fully saturated rings. The molecule has 0 spiro atoms. The van der Waals surface area contributed by atoms with Crippen molar-refractivity contribution < 1.29 is 18.7 Å². The van der Waals surface area contributed by atoms with Crippen molar-refractivity contribution in [2.75, 3.05) is 6.54 Å². The largest absolute Gasteiger partial charge is 0.460 e. The second kappa shape index (κ2) is 7.83. The van der Waals surface area contributed by atoms with Crippen LogP contribution in [0.3, 0.4) is 0 Å². The summed E-state index contributed by atoms with van der Waals surface area (Å²) in [5.74, 6) is 0.980. The number of rotatable bonds is 5. The fourth-order valence-corrected chi connectivity index (χ4v) is 4.79. The van der Waals surface area contributed by atoms with Crippen LogP contribution < -0.4 is 5.32 Å². The van der Waals surface area contributed by atoms with Crippen LogP contribution in [-0.2, 0) is 22.5 Å². The Bertz CT molecular complexity index is 1050. The molecular formula is C23H26N4O4. The second-order valence-electron chi connectivity index (χ2n) is 8.50. The van der Waals surface area contributed by atoms with E-state index in [4.69, 9.17) is 14.3 Å². The molecule has 31 heavy (non-hydrogen) atoms. The molecule has 8 heteroatoms. The van der Waals surface area contributed by atoms with Gasteiger partial charge in [0.15, 0.2) is 5.76 Å². The second-order valence-corrected chi connectivity index (χ2v) is 8.50. The molecule has 2 aromatic rings. The highest BCUT2D eigenvalue weighted by atomic mass is 16.5. The van der Waals surface area contributed by atoms with Crippen LogP contribution in [-0.4, -0.2) is 46.3 Å². The van der Waals surface area contributed by atoms with Crippen molar-refractivity contribution in [1.82, 2.24) is 15.3 Å². The van der Waals surface area contributed by atoms with Gasteiger partial charge in [0.25, 0.3) is 5.91 Å². The van der Waals surface area contributed by atoms with Gasteiger partial charge in [-0.2, -0.15) is 5.10 Å². The van der Waals surface area contributed by atoms with E-state index in [1.165, 1.54) is 0 Å². The number of aryl methyl sites for hydroxylation is 1. The molecule has 4 heterocycles. The summed E-state index contributed by atoms with van der Waals surface area (Å²) in [6, 6.07) is 6.16. The zero-order valence-electron chi connectivity index (χ0n) is 17.8. The number of amides is 1. The number of hydrazone groups is 1. The monoisotopic (exact) mass is 422 g/mol. The topological polar surface area (TPSA) is 97.0 Å². The highest BCUT2D eigenvalue weighted by molar-refractivity contribution is 6.08. The number of furan rings is 1. The minimum absolute atomic E-state index is 0.210. The van der Waals surface area contributed by atoms with Crippen LogP contribution in [0.25, 0.3) is 0 Å². The van der Waals surface area contributed by atoms with Crippen LogP contribution >= 0.6 is 0 Å². The van der Waals surface area contributed by atoms with E-state index in [1.807, 2.05) is 25.1 Å². The Labute approximate surface area is 180 Å². The highest BCUT2D eigenvalue weighted by Crippen LogP contribution is 2.39. The summed E-state index contributed by atoms with van der Waals surface area (Å²) in [5, 5.41) is 9.89. The molecule has 2 aliphatic heterocycles. The lowest BCUT2D eigenvalue weighted by Crippen LogP contribution is -2.33. The maximum Gasteiger partial charge on any atom is 0.306 e. The first kappa shape index (κ1) is 19.8. The Morgan fingerprint density at radius 1 is 1.29 bits per heavy atom. The Balaban J connectivity index is 1.36. The van der Waals surface area contributed by atoms with E-state index < -0.39 is 0 Å². The molecule has 3 aliphatic rings. The summed E-state index contributed by atoms with van der Waals surface area (Å²) >= 11 is 0. The van der Waals surface area contributed by atoms with Crippen LogP contribution in [0, 0.1) is 12.8 Å². The number of pyridine rings is 1. The molecule has 3 unspecified atom stereocenters. The molecule has 0 bridgehead atoms. The summed E-state index contributed by atoms with van der Waals surface area (Å²) in [6.45, 7) is 5.07. The number of esters is 1. The Hall–Kier alpha value is -3.16. The lowest BCUT2D eigenvalue weighted by atomic mass is 9.81. The van der Waals surface area contributed by atoms with Gasteiger partial charge >= 0.3 is 5.97 Å². The smallest absolute Gasteiger partial charge is 0.306 e. The molecule has 3 atom stereocenters. The van der Waals surface area contributed by atoms with Gasteiger partial charge < -0.3 is 14.5 Å². The maximum absolute atomic E-state index is 12.8. The molecular weight excluding hydrogens is 396 g/mol. The van der Waals surface area contributed by atoms with Crippen molar-refractivity contribution in [3.8, 4) is 0 Å². The van der Waals surface area contributed by atoms with Crippen LogP contribution in [0.1, 0.15) is 59.3 Å². The van der Waals surface area contributed by atoms with Gasteiger partial charge in [0, 0.05) is 36.1 Å². The predicted molar refractivity (Wildman–Crippen MR) is 112 cm³/mol. The minimum Gasteiger partial charge on any atom is -0.460 e. The fraction of sp³-hybridized carbons (Fsp3) is 0.478. The van der Waals surface area contributed by atoms with E-state index in [0.29, 0.717) is 37.6 Å². The zero-order chi connectivity index (χ0) is 21.5. The number of carbonyl (C=O) groups excluding carboxylic acids is 2. The van der Waals surface area contributed by atoms with Crippen molar-refractivity contribution in [2.24, 2.45) is 11.0 Å². The van der Waals surface area contributed by atoms with E-state index in [-0.39, 0.29) is 24.0 Å². The molecule has 2 aromatic heterocycles. The summed E-state index contributed by atoms with van der Waals surface area (Å²) in [7, 11) is 0. The van der Waals surface area contributed by atoms with Crippen LogP contribution in [0.15, 0.2) is 33.9 Å². The number of carbonyl (C=O) groups is 2. The number of cyclic esters (lactones) is 1. The van der Waals surface area contributed by atoms with Crippen LogP contribution in [0.2, 0.25) is 0 Å². The van der Waals surface area contributed by atoms with Gasteiger partial charge in [-0.05, 0) is 38.8 Å². The molecule has 1 saturated heterocycles. The quantitative estimate of drug-likeness (QED) is 0.744. The first-order valence-corrected chi connectivity index (χ1v) is 10.9. The van der Waals surface area contributed by atoms with E-state index >= 15 is 0 Å². The third-order valence-corrected chi connectivity index (χ3v) is 6.51. The van der Waals surface area contributed by atoms with Crippen LogP contribution in [0.4, 0.5) is 0 Å². The van der Waals surface area contributed by atoms with Crippen molar-refractivity contribution >= 4 is 17.6 Å². The number of fused-ring (bicyclic) bond motifs is 3. The van der Waals surface area contributed by atoms with E-state index in [2.05, 4.69) is 22.2 Å². The molecule has 8 nitrogen and oxygen atoms in total. The van der Waals surface area contributed by atoms with E-state index in [0.717, 1.165) is 41.1 Å². The van der Waals surface area contributed by atoms with Gasteiger partial charge in [0.05, 0.1) is 30.5 Å². The molecule has 1 aliphatic carbocycles. The standard InChI is InChI=1S/C23H26N4O4/c1-13-20-18(31-22(13)23(29)25-11-16-6-9-19(28)30-16)8-7-17-14(2)27(26-21(17)20)12-15-5-3-4-10-24-15/h3-5,10,14,16-17H,6-9,11-12H2,1-2H3,(H,25,29). The van der Waals surface area contributed by atoms with E-state index in [1.54, 1.807) is 6.20 Å². The number of nitrogens with one attached hydrogen (secondary N) is 1. The molecule has 1 N–H and O–H groups in total. The van der Waals surface area contributed by atoms with Crippen molar-refractivity contribution in [1.29, 1.82) is 0 Å². The SMILES string of the molecule is Cc1c(C(=O)NCC2CCC(=O)O2)oc2c1C1=NN(Cc3ccccn3)C(C)C1CC2. The van der Waals surface area contributed by atoms with Gasteiger partial charge in [-0.25, -0.2) is 0 Å². The normalized spacial score (nSPS) is 24.5. The van der Waals surface area contributed by atoms with Gasteiger partial charge in [-0.1, -0.05) is 6.07 Å². The third kappa shape index (κ3) is 3.60.